The van der Waals surface area contributed by atoms with Gasteiger partial charge in [0.1, 0.15) is 5.75 Å². The molecule has 0 radical (unpaired) electrons. The summed E-state index contributed by atoms with van der Waals surface area (Å²) in [6.45, 7) is 3.40. The average Bonchev–Trinajstić information content (AvgIpc) is 2.50. The van der Waals surface area contributed by atoms with Gasteiger partial charge in [-0.2, -0.15) is 0 Å². The van der Waals surface area contributed by atoms with Crippen molar-refractivity contribution in [1.82, 2.24) is 0 Å². The van der Waals surface area contributed by atoms with Crippen LogP contribution in [-0.2, 0) is 11.2 Å². The summed E-state index contributed by atoms with van der Waals surface area (Å²) < 4.78 is 5.44. The second-order valence-corrected chi connectivity index (χ2v) is 5.39. The number of rotatable bonds is 5. The number of fused-ring (bicyclic) bond motifs is 1. The summed E-state index contributed by atoms with van der Waals surface area (Å²) in [5.74, 6) is 0.986. The van der Waals surface area contributed by atoms with Crippen molar-refractivity contribution in [3.63, 3.8) is 0 Å². The van der Waals surface area contributed by atoms with Gasteiger partial charge in [0.05, 0.1) is 12.8 Å². The van der Waals surface area contributed by atoms with Gasteiger partial charge < -0.3 is 15.4 Å². The second-order valence-electron chi connectivity index (χ2n) is 5.39. The summed E-state index contributed by atoms with van der Waals surface area (Å²) in [6, 6.07) is 6.00. The van der Waals surface area contributed by atoms with Crippen molar-refractivity contribution < 1.29 is 9.53 Å². The zero-order valence-electron chi connectivity index (χ0n) is 12.4. The number of carbonyl (C=O) groups is 1. The Balaban J connectivity index is 2.25. The Morgan fingerprint density at radius 2 is 2.30 bits per heavy atom. The van der Waals surface area contributed by atoms with Gasteiger partial charge >= 0.3 is 0 Å². The molecule has 1 unspecified atom stereocenters. The normalized spacial score (nSPS) is 15.7. The number of benzene rings is 1. The van der Waals surface area contributed by atoms with Crippen LogP contribution in [0.15, 0.2) is 18.2 Å². The lowest BCUT2D eigenvalue weighted by Gasteiger charge is -2.32. The van der Waals surface area contributed by atoms with E-state index in [-0.39, 0.29) is 11.8 Å². The van der Waals surface area contributed by atoms with E-state index in [1.165, 1.54) is 5.56 Å². The maximum Gasteiger partial charge on any atom is 0.229 e. The van der Waals surface area contributed by atoms with E-state index in [9.17, 15) is 4.79 Å². The topological polar surface area (TPSA) is 55.6 Å². The lowest BCUT2D eigenvalue weighted by atomic mass is 9.97. The van der Waals surface area contributed by atoms with Gasteiger partial charge in [0.15, 0.2) is 0 Å². The minimum Gasteiger partial charge on any atom is -0.495 e. The Labute approximate surface area is 120 Å². The van der Waals surface area contributed by atoms with Crippen molar-refractivity contribution in [3.05, 3.63) is 23.8 Å². The molecule has 0 aliphatic carbocycles. The first-order valence-electron chi connectivity index (χ1n) is 7.36. The average molecular weight is 276 g/mol. The van der Waals surface area contributed by atoms with E-state index in [4.69, 9.17) is 10.5 Å². The van der Waals surface area contributed by atoms with Gasteiger partial charge in [-0.05, 0) is 43.9 Å². The summed E-state index contributed by atoms with van der Waals surface area (Å²) in [5.41, 5.74) is 7.70. The number of methoxy groups -OCH3 is 1. The number of hydrogen-bond acceptors (Lipinski definition) is 3. The first kappa shape index (κ1) is 14.9. The fourth-order valence-corrected chi connectivity index (χ4v) is 2.81. The van der Waals surface area contributed by atoms with Crippen LogP contribution in [0.2, 0.25) is 0 Å². The molecule has 1 heterocycles. The quantitative estimate of drug-likeness (QED) is 0.898. The van der Waals surface area contributed by atoms with E-state index in [1.807, 2.05) is 24.0 Å². The highest BCUT2D eigenvalue weighted by Crippen LogP contribution is 2.37. The van der Waals surface area contributed by atoms with Crippen LogP contribution in [-0.4, -0.2) is 26.1 Å². The minimum atomic E-state index is 0.00872. The van der Waals surface area contributed by atoms with Crippen LogP contribution in [0.25, 0.3) is 0 Å². The molecule has 2 N–H and O–H groups in total. The van der Waals surface area contributed by atoms with Gasteiger partial charge in [-0.15, -0.1) is 0 Å². The third-order valence-electron chi connectivity index (χ3n) is 3.93. The molecule has 0 aromatic heterocycles. The zero-order chi connectivity index (χ0) is 14.5. The first-order valence-corrected chi connectivity index (χ1v) is 7.36. The number of anilines is 1. The van der Waals surface area contributed by atoms with E-state index < -0.39 is 0 Å². The maximum absolute atomic E-state index is 12.7. The molecule has 0 saturated heterocycles. The minimum absolute atomic E-state index is 0.00872. The first-order chi connectivity index (χ1) is 9.69. The van der Waals surface area contributed by atoms with E-state index in [0.29, 0.717) is 6.54 Å². The molecule has 0 spiro atoms. The number of para-hydroxylation sites is 1. The molecule has 1 amide bonds. The highest BCUT2D eigenvalue weighted by atomic mass is 16.5. The molecule has 1 aliphatic rings. The monoisotopic (exact) mass is 276 g/mol. The Morgan fingerprint density at radius 1 is 1.50 bits per heavy atom. The van der Waals surface area contributed by atoms with Gasteiger partial charge in [0.2, 0.25) is 5.91 Å². The predicted molar refractivity (Wildman–Crippen MR) is 81.1 cm³/mol. The molecule has 0 bridgehead atoms. The Morgan fingerprint density at radius 3 is 3.00 bits per heavy atom. The molecule has 1 aromatic carbocycles. The predicted octanol–water partition coefficient (Wildman–Crippen LogP) is 2.35. The van der Waals surface area contributed by atoms with Crippen LogP contribution < -0.4 is 15.4 Å². The standard InChI is InChI=1S/C16H24N2O2/c1-12(6-4-10-17)16(19)18-11-5-8-13-7-3-9-14(20-2)15(13)18/h3,7,9,12H,4-6,8,10-11,17H2,1-2H3. The summed E-state index contributed by atoms with van der Waals surface area (Å²) in [5, 5.41) is 0. The fraction of sp³-hybridized carbons (Fsp3) is 0.562. The van der Waals surface area contributed by atoms with Gasteiger partial charge in [0.25, 0.3) is 0 Å². The van der Waals surface area contributed by atoms with Crippen LogP contribution in [0.5, 0.6) is 5.75 Å². The Hall–Kier alpha value is -1.55. The molecule has 20 heavy (non-hydrogen) atoms. The second kappa shape index (κ2) is 6.75. The van der Waals surface area contributed by atoms with Crippen molar-refractivity contribution in [2.45, 2.75) is 32.6 Å². The number of aryl methyl sites for hydroxylation is 1. The van der Waals surface area contributed by atoms with E-state index >= 15 is 0 Å². The van der Waals surface area contributed by atoms with Crippen molar-refractivity contribution in [3.8, 4) is 5.75 Å². The van der Waals surface area contributed by atoms with Crippen LogP contribution in [0.4, 0.5) is 5.69 Å². The summed E-state index contributed by atoms with van der Waals surface area (Å²) in [7, 11) is 1.66. The third kappa shape index (κ3) is 2.96. The van der Waals surface area contributed by atoms with Crippen LogP contribution in [0.1, 0.15) is 31.7 Å². The van der Waals surface area contributed by atoms with Crippen molar-refractivity contribution >= 4 is 11.6 Å². The van der Waals surface area contributed by atoms with E-state index in [2.05, 4.69) is 6.07 Å². The molecule has 1 atom stereocenters. The van der Waals surface area contributed by atoms with Gasteiger partial charge in [-0.1, -0.05) is 19.1 Å². The van der Waals surface area contributed by atoms with Crippen molar-refractivity contribution in [2.75, 3.05) is 25.1 Å². The van der Waals surface area contributed by atoms with Gasteiger partial charge in [-0.3, -0.25) is 4.79 Å². The molecular weight excluding hydrogens is 252 g/mol. The third-order valence-corrected chi connectivity index (χ3v) is 3.93. The molecule has 0 saturated carbocycles. The summed E-state index contributed by atoms with van der Waals surface area (Å²) >= 11 is 0. The van der Waals surface area contributed by atoms with Crippen molar-refractivity contribution in [1.29, 1.82) is 0 Å². The number of hydrogen-bond donors (Lipinski definition) is 1. The molecule has 1 aliphatic heterocycles. The largest absolute Gasteiger partial charge is 0.495 e. The van der Waals surface area contributed by atoms with Gasteiger partial charge in [0, 0.05) is 12.5 Å². The number of nitrogens with zero attached hydrogens (tertiary/aromatic N) is 1. The van der Waals surface area contributed by atoms with Gasteiger partial charge in [-0.25, -0.2) is 0 Å². The molecule has 0 fully saturated rings. The number of amides is 1. The number of ether oxygens (including phenoxy) is 1. The van der Waals surface area contributed by atoms with Crippen LogP contribution in [0, 0.1) is 5.92 Å². The molecular formula is C16H24N2O2. The smallest absolute Gasteiger partial charge is 0.229 e. The molecule has 2 rings (SSSR count). The summed E-state index contributed by atoms with van der Waals surface area (Å²) in [6.07, 6.45) is 3.75. The maximum atomic E-state index is 12.7. The zero-order valence-corrected chi connectivity index (χ0v) is 12.4. The Bertz CT molecular complexity index is 459. The molecule has 110 valence electrons. The SMILES string of the molecule is COc1cccc2c1N(C(=O)C(C)CCCN)CCC2. The number of carbonyl (C=O) groups excluding carboxylic acids is 1. The Kier molecular flexibility index (Phi) is 5.01. The highest BCUT2D eigenvalue weighted by Gasteiger charge is 2.28. The lowest BCUT2D eigenvalue weighted by molar-refractivity contribution is -0.122. The van der Waals surface area contributed by atoms with E-state index in [1.54, 1.807) is 7.11 Å². The lowest BCUT2D eigenvalue weighted by Crippen LogP contribution is -2.39. The molecule has 1 aromatic rings. The van der Waals surface area contributed by atoms with Crippen molar-refractivity contribution in [2.24, 2.45) is 11.7 Å². The highest BCUT2D eigenvalue weighted by molar-refractivity contribution is 5.97. The molecule has 4 heteroatoms. The number of nitrogens with two attached hydrogens (primary N) is 1. The fourth-order valence-electron chi connectivity index (χ4n) is 2.81. The summed E-state index contributed by atoms with van der Waals surface area (Å²) in [4.78, 5) is 14.6. The molecule has 4 nitrogen and oxygen atoms in total. The van der Waals surface area contributed by atoms with Crippen LogP contribution in [0.3, 0.4) is 0 Å². The van der Waals surface area contributed by atoms with Crippen LogP contribution >= 0.6 is 0 Å². The van der Waals surface area contributed by atoms with E-state index in [0.717, 1.165) is 43.7 Å².